The summed E-state index contributed by atoms with van der Waals surface area (Å²) < 4.78 is 32.0. The second-order valence-corrected chi connectivity index (χ2v) is 6.73. The highest BCUT2D eigenvalue weighted by atomic mass is 32.2. The third-order valence-electron chi connectivity index (χ3n) is 2.44. The van der Waals surface area contributed by atoms with Gasteiger partial charge in [-0.1, -0.05) is 0 Å². The Hall–Kier alpha value is -0.470. The number of thiophene rings is 1. The van der Waals surface area contributed by atoms with Gasteiger partial charge in [-0.05, 0) is 31.8 Å². The first kappa shape index (κ1) is 15.6. The number of hydrogen-bond acceptors (Lipinski definition) is 5. The molecule has 5 nitrogen and oxygen atoms in total. The van der Waals surface area contributed by atoms with E-state index in [4.69, 9.17) is 4.74 Å². The molecule has 0 amide bonds. The summed E-state index contributed by atoms with van der Waals surface area (Å²) in [5.41, 5.74) is 0. The number of hydrogen-bond donors (Lipinski definition) is 2. The molecule has 1 atom stereocenters. The van der Waals surface area contributed by atoms with Crippen molar-refractivity contribution in [3.8, 4) is 0 Å². The molecule has 7 heteroatoms. The van der Waals surface area contributed by atoms with Gasteiger partial charge in [0, 0.05) is 31.2 Å². The van der Waals surface area contributed by atoms with Crippen LogP contribution in [0.2, 0.25) is 0 Å². The maximum absolute atomic E-state index is 12.2. The molecule has 0 fully saturated rings. The van der Waals surface area contributed by atoms with Gasteiger partial charge in [-0.3, -0.25) is 0 Å². The molecule has 0 aromatic carbocycles. The molecule has 0 radical (unpaired) electrons. The van der Waals surface area contributed by atoms with Gasteiger partial charge in [0.25, 0.3) is 0 Å². The first-order valence-corrected chi connectivity index (χ1v) is 8.09. The Bertz CT molecular complexity index is 457. The molecule has 1 unspecified atom stereocenters. The third kappa shape index (κ3) is 4.33. The molecule has 0 spiro atoms. The molecule has 0 aliphatic carbocycles. The van der Waals surface area contributed by atoms with E-state index < -0.39 is 10.0 Å². The van der Waals surface area contributed by atoms with Gasteiger partial charge in [0.05, 0.1) is 4.90 Å². The molecular weight excluding hydrogens is 272 g/mol. The van der Waals surface area contributed by atoms with Crippen molar-refractivity contribution < 1.29 is 13.2 Å². The van der Waals surface area contributed by atoms with Crippen LogP contribution < -0.4 is 10.0 Å². The minimum absolute atomic E-state index is 0.141. The average Bonchev–Trinajstić information content (AvgIpc) is 2.75. The van der Waals surface area contributed by atoms with Crippen molar-refractivity contribution in [3.05, 3.63) is 16.3 Å². The van der Waals surface area contributed by atoms with Crippen molar-refractivity contribution in [1.29, 1.82) is 0 Å². The van der Waals surface area contributed by atoms with Crippen LogP contribution in [0.4, 0.5) is 0 Å². The summed E-state index contributed by atoms with van der Waals surface area (Å²) in [6.07, 6.45) is 0.654. The van der Waals surface area contributed by atoms with Crippen molar-refractivity contribution in [2.75, 3.05) is 20.8 Å². The summed E-state index contributed by atoms with van der Waals surface area (Å²) in [4.78, 5) is 1.19. The van der Waals surface area contributed by atoms with Gasteiger partial charge >= 0.3 is 0 Å². The normalized spacial score (nSPS) is 13.7. The fourth-order valence-corrected chi connectivity index (χ4v) is 4.27. The maximum Gasteiger partial charge on any atom is 0.241 e. The lowest BCUT2D eigenvalue weighted by molar-refractivity contribution is 0.188. The van der Waals surface area contributed by atoms with Crippen molar-refractivity contribution in [2.45, 2.75) is 30.8 Å². The zero-order chi connectivity index (χ0) is 13.6. The predicted molar refractivity (Wildman–Crippen MR) is 73.4 cm³/mol. The zero-order valence-corrected chi connectivity index (χ0v) is 12.5. The first-order valence-electron chi connectivity index (χ1n) is 5.73. The second-order valence-electron chi connectivity index (χ2n) is 4.04. The minimum atomic E-state index is -3.43. The van der Waals surface area contributed by atoms with E-state index in [-0.39, 0.29) is 6.04 Å². The van der Waals surface area contributed by atoms with Crippen LogP contribution in [0.3, 0.4) is 0 Å². The maximum atomic E-state index is 12.2. The standard InChI is InChI=1S/C11H20N2O3S2/c1-9(4-6-16-3)13-18(14,15)11-5-7-17-10(11)8-12-2/h5,7,9,12-13H,4,6,8H2,1-3H3. The Morgan fingerprint density at radius 2 is 2.22 bits per heavy atom. The molecule has 0 aliphatic rings. The van der Waals surface area contributed by atoms with Crippen LogP contribution in [0.1, 0.15) is 18.2 Å². The van der Waals surface area contributed by atoms with Crippen LogP contribution >= 0.6 is 11.3 Å². The first-order chi connectivity index (χ1) is 8.51. The zero-order valence-electron chi connectivity index (χ0n) is 10.9. The van der Waals surface area contributed by atoms with E-state index in [9.17, 15) is 8.42 Å². The molecule has 2 N–H and O–H groups in total. The number of methoxy groups -OCH3 is 1. The van der Waals surface area contributed by atoms with Gasteiger partial charge in [-0.2, -0.15) is 0 Å². The van der Waals surface area contributed by atoms with Gasteiger partial charge in [0.2, 0.25) is 10.0 Å². The van der Waals surface area contributed by atoms with Gasteiger partial charge in [0.15, 0.2) is 0 Å². The van der Waals surface area contributed by atoms with E-state index in [2.05, 4.69) is 10.0 Å². The molecule has 1 aromatic heterocycles. The molecule has 1 aromatic rings. The highest BCUT2D eigenvalue weighted by Gasteiger charge is 2.21. The van der Waals surface area contributed by atoms with E-state index in [1.165, 1.54) is 11.3 Å². The van der Waals surface area contributed by atoms with Gasteiger partial charge in [0.1, 0.15) is 0 Å². The van der Waals surface area contributed by atoms with Gasteiger partial charge in [-0.15, -0.1) is 11.3 Å². The fraction of sp³-hybridized carbons (Fsp3) is 0.636. The summed E-state index contributed by atoms with van der Waals surface area (Å²) in [6, 6.07) is 1.50. The van der Waals surface area contributed by atoms with Gasteiger partial charge in [-0.25, -0.2) is 13.1 Å². The summed E-state index contributed by atoms with van der Waals surface area (Å²) >= 11 is 1.44. The second kappa shape index (κ2) is 7.20. The number of sulfonamides is 1. The molecule has 0 bridgehead atoms. The van der Waals surface area contributed by atoms with E-state index in [0.717, 1.165) is 4.88 Å². The SMILES string of the molecule is CNCc1sccc1S(=O)(=O)NC(C)CCOC. The Labute approximate surface area is 113 Å². The molecule has 0 saturated carbocycles. The lowest BCUT2D eigenvalue weighted by atomic mass is 10.3. The Kier molecular flexibility index (Phi) is 6.24. The topological polar surface area (TPSA) is 67.4 Å². The summed E-state index contributed by atoms with van der Waals surface area (Å²) in [5.74, 6) is 0. The van der Waals surface area contributed by atoms with E-state index in [0.29, 0.717) is 24.5 Å². The van der Waals surface area contributed by atoms with Gasteiger partial charge < -0.3 is 10.1 Å². The average molecular weight is 292 g/mol. The summed E-state index contributed by atoms with van der Waals surface area (Å²) in [6.45, 7) is 2.93. The lowest BCUT2D eigenvalue weighted by Gasteiger charge is -2.14. The smallest absolute Gasteiger partial charge is 0.241 e. The van der Waals surface area contributed by atoms with E-state index in [1.807, 2.05) is 6.92 Å². The highest BCUT2D eigenvalue weighted by molar-refractivity contribution is 7.89. The van der Waals surface area contributed by atoms with Crippen LogP contribution in [0.5, 0.6) is 0 Å². The van der Waals surface area contributed by atoms with Crippen LogP contribution in [0.25, 0.3) is 0 Å². The minimum Gasteiger partial charge on any atom is -0.385 e. The molecule has 0 aliphatic heterocycles. The van der Waals surface area contributed by atoms with E-state index in [1.54, 1.807) is 25.6 Å². The van der Waals surface area contributed by atoms with Crippen LogP contribution in [0.15, 0.2) is 16.3 Å². The van der Waals surface area contributed by atoms with Crippen LogP contribution in [-0.2, 0) is 21.3 Å². The van der Waals surface area contributed by atoms with Crippen molar-refractivity contribution in [3.63, 3.8) is 0 Å². The van der Waals surface area contributed by atoms with Crippen molar-refractivity contribution in [2.24, 2.45) is 0 Å². The molecular formula is C11H20N2O3S2. The Morgan fingerprint density at radius 3 is 2.83 bits per heavy atom. The molecule has 104 valence electrons. The number of ether oxygens (including phenoxy) is 1. The molecule has 1 heterocycles. The van der Waals surface area contributed by atoms with Crippen LogP contribution in [-0.4, -0.2) is 35.2 Å². The van der Waals surface area contributed by atoms with Crippen molar-refractivity contribution in [1.82, 2.24) is 10.0 Å². The lowest BCUT2D eigenvalue weighted by Crippen LogP contribution is -2.33. The Morgan fingerprint density at radius 1 is 1.50 bits per heavy atom. The van der Waals surface area contributed by atoms with Crippen molar-refractivity contribution >= 4 is 21.4 Å². The highest BCUT2D eigenvalue weighted by Crippen LogP contribution is 2.22. The monoisotopic (exact) mass is 292 g/mol. The quantitative estimate of drug-likeness (QED) is 0.755. The predicted octanol–water partition coefficient (Wildman–Crippen LogP) is 1.17. The Balaban J connectivity index is 2.76. The van der Waals surface area contributed by atoms with E-state index >= 15 is 0 Å². The summed E-state index contributed by atoms with van der Waals surface area (Å²) in [7, 11) is -0.0359. The number of rotatable bonds is 8. The molecule has 1 rings (SSSR count). The largest absolute Gasteiger partial charge is 0.385 e. The molecule has 18 heavy (non-hydrogen) atoms. The third-order valence-corrected chi connectivity index (χ3v) is 5.17. The number of nitrogens with one attached hydrogen (secondary N) is 2. The summed E-state index contributed by atoms with van der Waals surface area (Å²) in [5, 5.41) is 4.76. The fourth-order valence-electron chi connectivity index (χ4n) is 1.54. The molecule has 0 saturated heterocycles. The van der Waals surface area contributed by atoms with Crippen LogP contribution in [0, 0.1) is 0 Å².